The zero-order valence-corrected chi connectivity index (χ0v) is 12.8. The molecule has 3 aromatic carbocycles. The van der Waals surface area contributed by atoms with Crippen molar-refractivity contribution in [1.29, 1.82) is 0 Å². The SMILES string of the molecule is c1ccc(-c2ccccc2Cc2ccc3ncccc3c2)cc1. The highest BCUT2D eigenvalue weighted by Gasteiger charge is 2.06. The Labute approximate surface area is 136 Å². The van der Waals surface area contributed by atoms with Crippen LogP contribution in [0.5, 0.6) is 0 Å². The number of rotatable bonds is 3. The third-order valence-corrected chi connectivity index (χ3v) is 4.16. The number of fused-ring (bicyclic) bond motifs is 1. The van der Waals surface area contributed by atoms with E-state index in [9.17, 15) is 0 Å². The minimum Gasteiger partial charge on any atom is -0.256 e. The van der Waals surface area contributed by atoms with Crippen LogP contribution in [-0.2, 0) is 6.42 Å². The number of aromatic nitrogens is 1. The molecule has 0 saturated carbocycles. The molecule has 0 fully saturated rings. The molecule has 0 aliphatic carbocycles. The number of pyridine rings is 1. The molecule has 0 atom stereocenters. The third-order valence-electron chi connectivity index (χ3n) is 4.16. The van der Waals surface area contributed by atoms with E-state index in [1.807, 2.05) is 12.3 Å². The summed E-state index contributed by atoms with van der Waals surface area (Å²) in [6.07, 6.45) is 2.77. The van der Waals surface area contributed by atoms with Gasteiger partial charge in [0.25, 0.3) is 0 Å². The normalized spacial score (nSPS) is 10.8. The first kappa shape index (κ1) is 13.7. The van der Waals surface area contributed by atoms with Crippen LogP contribution in [-0.4, -0.2) is 4.98 Å². The Morgan fingerprint density at radius 3 is 2.43 bits per heavy atom. The van der Waals surface area contributed by atoms with E-state index in [4.69, 9.17) is 0 Å². The average molecular weight is 295 g/mol. The van der Waals surface area contributed by atoms with Crippen LogP contribution in [0.3, 0.4) is 0 Å². The molecule has 1 aromatic heterocycles. The van der Waals surface area contributed by atoms with Gasteiger partial charge in [-0.1, -0.05) is 66.7 Å². The summed E-state index contributed by atoms with van der Waals surface area (Å²) in [7, 11) is 0. The van der Waals surface area contributed by atoms with Crippen LogP contribution in [0.2, 0.25) is 0 Å². The lowest BCUT2D eigenvalue weighted by Gasteiger charge is -2.10. The molecule has 0 saturated heterocycles. The Hall–Kier alpha value is -2.93. The average Bonchev–Trinajstić information content (AvgIpc) is 2.63. The molecule has 1 heterocycles. The maximum atomic E-state index is 4.39. The molecule has 23 heavy (non-hydrogen) atoms. The van der Waals surface area contributed by atoms with Gasteiger partial charge in [0.2, 0.25) is 0 Å². The smallest absolute Gasteiger partial charge is 0.0702 e. The largest absolute Gasteiger partial charge is 0.256 e. The molecule has 0 aliphatic rings. The van der Waals surface area contributed by atoms with Gasteiger partial charge in [-0.2, -0.15) is 0 Å². The zero-order valence-electron chi connectivity index (χ0n) is 12.8. The highest BCUT2D eigenvalue weighted by Crippen LogP contribution is 2.26. The predicted molar refractivity (Wildman–Crippen MR) is 96.4 cm³/mol. The summed E-state index contributed by atoms with van der Waals surface area (Å²) >= 11 is 0. The Kier molecular flexibility index (Phi) is 3.61. The number of benzene rings is 3. The molecule has 0 N–H and O–H groups in total. The minimum absolute atomic E-state index is 0.926. The lowest BCUT2D eigenvalue weighted by atomic mass is 9.94. The van der Waals surface area contributed by atoms with Crippen LogP contribution >= 0.6 is 0 Å². The molecule has 0 bridgehead atoms. The van der Waals surface area contributed by atoms with Gasteiger partial charge < -0.3 is 0 Å². The lowest BCUT2D eigenvalue weighted by molar-refractivity contribution is 1.20. The molecule has 0 spiro atoms. The van der Waals surface area contributed by atoms with E-state index in [0.29, 0.717) is 0 Å². The summed E-state index contributed by atoms with van der Waals surface area (Å²) < 4.78 is 0. The van der Waals surface area contributed by atoms with Crippen molar-refractivity contribution >= 4 is 10.9 Å². The standard InChI is InChI=1S/C22H17N/c1-2-7-18(8-3-1)21-11-5-4-9-19(21)15-17-12-13-22-20(16-17)10-6-14-23-22/h1-14,16H,15H2. The second-order valence-electron chi connectivity index (χ2n) is 5.73. The summed E-state index contributed by atoms with van der Waals surface area (Å²) in [4.78, 5) is 4.39. The zero-order chi connectivity index (χ0) is 15.5. The van der Waals surface area contributed by atoms with Crippen molar-refractivity contribution in [3.63, 3.8) is 0 Å². The monoisotopic (exact) mass is 295 g/mol. The minimum atomic E-state index is 0.926. The lowest BCUT2D eigenvalue weighted by Crippen LogP contribution is -1.92. The van der Waals surface area contributed by atoms with E-state index < -0.39 is 0 Å². The Morgan fingerprint density at radius 2 is 1.52 bits per heavy atom. The van der Waals surface area contributed by atoms with Crippen LogP contribution in [0, 0.1) is 0 Å². The van der Waals surface area contributed by atoms with E-state index in [-0.39, 0.29) is 0 Å². The van der Waals surface area contributed by atoms with E-state index >= 15 is 0 Å². The summed E-state index contributed by atoms with van der Waals surface area (Å²) in [5.41, 5.74) is 6.29. The van der Waals surface area contributed by atoms with E-state index in [1.165, 1.54) is 27.6 Å². The van der Waals surface area contributed by atoms with Gasteiger partial charge in [-0.15, -0.1) is 0 Å². The van der Waals surface area contributed by atoms with Gasteiger partial charge in [0.1, 0.15) is 0 Å². The fourth-order valence-electron chi connectivity index (χ4n) is 3.03. The van der Waals surface area contributed by atoms with Crippen molar-refractivity contribution in [2.45, 2.75) is 6.42 Å². The van der Waals surface area contributed by atoms with Crippen LogP contribution in [0.15, 0.2) is 91.1 Å². The molecular weight excluding hydrogens is 278 g/mol. The first-order valence-electron chi connectivity index (χ1n) is 7.87. The van der Waals surface area contributed by atoms with Crippen molar-refractivity contribution < 1.29 is 0 Å². The second-order valence-corrected chi connectivity index (χ2v) is 5.73. The van der Waals surface area contributed by atoms with Gasteiger partial charge in [-0.25, -0.2) is 0 Å². The highest BCUT2D eigenvalue weighted by molar-refractivity contribution is 5.79. The number of hydrogen-bond acceptors (Lipinski definition) is 1. The maximum Gasteiger partial charge on any atom is 0.0702 e. The van der Waals surface area contributed by atoms with Crippen LogP contribution < -0.4 is 0 Å². The highest BCUT2D eigenvalue weighted by atomic mass is 14.6. The van der Waals surface area contributed by atoms with Gasteiger partial charge >= 0.3 is 0 Å². The van der Waals surface area contributed by atoms with Crippen molar-refractivity contribution in [3.8, 4) is 11.1 Å². The quantitative estimate of drug-likeness (QED) is 0.487. The van der Waals surface area contributed by atoms with Gasteiger partial charge in [0.05, 0.1) is 5.52 Å². The molecule has 1 heteroatoms. The van der Waals surface area contributed by atoms with Crippen molar-refractivity contribution in [3.05, 3.63) is 102 Å². The summed E-state index contributed by atoms with van der Waals surface area (Å²) in [6.45, 7) is 0. The molecule has 0 radical (unpaired) electrons. The number of hydrogen-bond donors (Lipinski definition) is 0. The molecule has 0 aliphatic heterocycles. The fraction of sp³-hybridized carbons (Fsp3) is 0.0455. The van der Waals surface area contributed by atoms with E-state index in [1.54, 1.807) is 0 Å². The molecule has 4 rings (SSSR count). The number of nitrogens with zero attached hydrogens (tertiary/aromatic N) is 1. The molecule has 0 amide bonds. The van der Waals surface area contributed by atoms with Gasteiger partial charge in [0, 0.05) is 11.6 Å². The predicted octanol–water partition coefficient (Wildman–Crippen LogP) is 5.49. The molecular formula is C22H17N. The molecule has 4 aromatic rings. The van der Waals surface area contributed by atoms with E-state index in [2.05, 4.69) is 83.8 Å². The maximum absolute atomic E-state index is 4.39. The summed E-state index contributed by atoms with van der Waals surface area (Å²) in [6, 6.07) is 29.9. The Balaban J connectivity index is 1.73. The third kappa shape index (κ3) is 2.86. The van der Waals surface area contributed by atoms with Gasteiger partial charge in [-0.3, -0.25) is 4.98 Å². The van der Waals surface area contributed by atoms with Crippen LogP contribution in [0.1, 0.15) is 11.1 Å². The van der Waals surface area contributed by atoms with E-state index in [0.717, 1.165) is 11.9 Å². The van der Waals surface area contributed by atoms with Crippen molar-refractivity contribution in [1.82, 2.24) is 4.98 Å². The van der Waals surface area contributed by atoms with Gasteiger partial charge in [0.15, 0.2) is 0 Å². The Morgan fingerprint density at radius 1 is 0.696 bits per heavy atom. The van der Waals surface area contributed by atoms with Crippen LogP contribution in [0.25, 0.3) is 22.0 Å². The van der Waals surface area contributed by atoms with Crippen molar-refractivity contribution in [2.24, 2.45) is 0 Å². The molecule has 0 unspecified atom stereocenters. The van der Waals surface area contributed by atoms with Crippen molar-refractivity contribution in [2.75, 3.05) is 0 Å². The summed E-state index contributed by atoms with van der Waals surface area (Å²) in [5, 5.41) is 1.20. The van der Waals surface area contributed by atoms with Gasteiger partial charge in [-0.05, 0) is 46.9 Å². The molecule has 1 nitrogen and oxygen atoms in total. The Bertz CT molecular complexity index is 942. The molecule has 110 valence electrons. The first-order valence-corrected chi connectivity index (χ1v) is 7.87. The fourth-order valence-corrected chi connectivity index (χ4v) is 3.03. The summed E-state index contributed by atoms with van der Waals surface area (Å²) in [5.74, 6) is 0. The first-order chi connectivity index (χ1) is 11.4. The van der Waals surface area contributed by atoms with Crippen LogP contribution in [0.4, 0.5) is 0 Å². The topological polar surface area (TPSA) is 12.9 Å². The second kappa shape index (κ2) is 6.05.